The molecule has 1 heterocycles. The maximum atomic E-state index is 12.3. The summed E-state index contributed by atoms with van der Waals surface area (Å²) < 4.78 is 0. The number of aromatic nitrogens is 2. The van der Waals surface area contributed by atoms with Gasteiger partial charge in [-0.05, 0) is 36.1 Å². The summed E-state index contributed by atoms with van der Waals surface area (Å²) >= 11 is 0. The number of anilines is 1. The lowest BCUT2D eigenvalue weighted by Gasteiger charge is -2.05. The van der Waals surface area contributed by atoms with E-state index >= 15 is 0 Å². The number of fused-ring (bicyclic) bond motifs is 1. The van der Waals surface area contributed by atoms with Crippen LogP contribution in [0, 0.1) is 5.92 Å². The Balaban J connectivity index is 1.47. The zero-order valence-corrected chi connectivity index (χ0v) is 11.4. The molecule has 1 aromatic heterocycles. The molecule has 2 atom stereocenters. The molecule has 2 unspecified atom stereocenters. The largest absolute Gasteiger partial charge is 0.326 e. The molecule has 1 aliphatic rings. The summed E-state index contributed by atoms with van der Waals surface area (Å²) in [6.07, 6.45) is 2.70. The van der Waals surface area contributed by atoms with E-state index in [-0.39, 0.29) is 11.8 Å². The van der Waals surface area contributed by atoms with Crippen LogP contribution in [0.1, 0.15) is 17.9 Å². The summed E-state index contributed by atoms with van der Waals surface area (Å²) in [5, 5.41) is 10.9. The fraction of sp³-hybridized carbons (Fsp3) is 0.176. The molecule has 0 radical (unpaired) electrons. The Morgan fingerprint density at radius 2 is 2.05 bits per heavy atom. The van der Waals surface area contributed by atoms with Gasteiger partial charge in [-0.3, -0.25) is 9.89 Å². The molecule has 0 saturated heterocycles. The Bertz CT molecular complexity index is 794. The SMILES string of the molecule is O=C(Nc1ccc2cn[nH]c2c1)C1CC1c1ccccc1. The van der Waals surface area contributed by atoms with E-state index in [1.165, 1.54) is 5.56 Å². The number of carbonyl (C=O) groups is 1. The molecule has 1 amide bonds. The van der Waals surface area contributed by atoms with Crippen molar-refractivity contribution in [2.24, 2.45) is 5.92 Å². The second-order valence-electron chi connectivity index (χ2n) is 5.52. The number of benzene rings is 2. The van der Waals surface area contributed by atoms with Gasteiger partial charge < -0.3 is 5.32 Å². The van der Waals surface area contributed by atoms with E-state index in [0.717, 1.165) is 23.0 Å². The molecule has 3 aromatic rings. The molecule has 1 saturated carbocycles. The number of hydrogen-bond acceptors (Lipinski definition) is 2. The highest BCUT2D eigenvalue weighted by atomic mass is 16.2. The van der Waals surface area contributed by atoms with Gasteiger partial charge in [0.05, 0.1) is 11.7 Å². The van der Waals surface area contributed by atoms with Crippen molar-refractivity contribution in [3.05, 3.63) is 60.3 Å². The van der Waals surface area contributed by atoms with Crippen LogP contribution < -0.4 is 5.32 Å². The molecule has 0 bridgehead atoms. The van der Waals surface area contributed by atoms with E-state index in [1.807, 2.05) is 36.4 Å². The van der Waals surface area contributed by atoms with E-state index in [4.69, 9.17) is 0 Å². The first-order chi connectivity index (χ1) is 10.3. The minimum Gasteiger partial charge on any atom is -0.326 e. The number of H-pyrrole nitrogens is 1. The van der Waals surface area contributed by atoms with Crippen molar-refractivity contribution in [3.63, 3.8) is 0 Å². The summed E-state index contributed by atoms with van der Waals surface area (Å²) in [5.74, 6) is 0.551. The first kappa shape index (κ1) is 12.1. The van der Waals surface area contributed by atoms with Crippen molar-refractivity contribution in [2.45, 2.75) is 12.3 Å². The summed E-state index contributed by atoms with van der Waals surface area (Å²) in [6, 6.07) is 16.0. The second kappa shape index (κ2) is 4.74. The quantitative estimate of drug-likeness (QED) is 0.771. The van der Waals surface area contributed by atoms with Gasteiger partial charge in [0.15, 0.2) is 0 Å². The molecular weight excluding hydrogens is 262 g/mol. The fourth-order valence-electron chi connectivity index (χ4n) is 2.80. The van der Waals surface area contributed by atoms with Gasteiger partial charge in [0, 0.05) is 17.0 Å². The first-order valence-electron chi connectivity index (χ1n) is 7.10. The molecule has 0 spiro atoms. The number of aromatic amines is 1. The van der Waals surface area contributed by atoms with Gasteiger partial charge in [-0.15, -0.1) is 0 Å². The molecule has 0 aliphatic heterocycles. The molecule has 104 valence electrons. The summed E-state index contributed by atoms with van der Waals surface area (Å²) in [5.41, 5.74) is 3.00. The third-order valence-corrected chi connectivity index (χ3v) is 4.06. The van der Waals surface area contributed by atoms with E-state index in [9.17, 15) is 4.79 Å². The predicted molar refractivity (Wildman–Crippen MR) is 82.0 cm³/mol. The average Bonchev–Trinajstić information content (AvgIpc) is 3.19. The molecule has 4 heteroatoms. The van der Waals surface area contributed by atoms with Crippen LogP contribution in [0.15, 0.2) is 54.7 Å². The molecule has 4 rings (SSSR count). The Labute approximate surface area is 122 Å². The molecule has 1 fully saturated rings. The number of amides is 1. The van der Waals surface area contributed by atoms with Gasteiger partial charge in [-0.25, -0.2) is 0 Å². The maximum absolute atomic E-state index is 12.3. The third kappa shape index (κ3) is 2.29. The van der Waals surface area contributed by atoms with E-state index < -0.39 is 0 Å². The summed E-state index contributed by atoms with van der Waals surface area (Å²) in [4.78, 5) is 12.3. The third-order valence-electron chi connectivity index (χ3n) is 4.06. The van der Waals surface area contributed by atoms with Gasteiger partial charge in [0.25, 0.3) is 0 Å². The predicted octanol–water partition coefficient (Wildman–Crippen LogP) is 3.31. The Morgan fingerprint density at radius 3 is 2.90 bits per heavy atom. The van der Waals surface area contributed by atoms with E-state index in [2.05, 4.69) is 27.6 Å². The Kier molecular flexibility index (Phi) is 2.74. The minimum absolute atomic E-state index is 0.0878. The molecule has 2 aromatic carbocycles. The van der Waals surface area contributed by atoms with Crippen molar-refractivity contribution < 1.29 is 4.79 Å². The highest BCUT2D eigenvalue weighted by Gasteiger charge is 2.43. The lowest BCUT2D eigenvalue weighted by Crippen LogP contribution is -2.14. The first-order valence-corrected chi connectivity index (χ1v) is 7.10. The number of carbonyl (C=O) groups excluding carboxylic acids is 1. The van der Waals surface area contributed by atoms with Crippen LogP contribution in [0.2, 0.25) is 0 Å². The summed E-state index contributed by atoms with van der Waals surface area (Å²) in [7, 11) is 0. The fourth-order valence-corrected chi connectivity index (χ4v) is 2.80. The monoisotopic (exact) mass is 277 g/mol. The van der Waals surface area contributed by atoms with Gasteiger partial charge in [0.1, 0.15) is 0 Å². The molecule has 1 aliphatic carbocycles. The minimum atomic E-state index is 0.0878. The smallest absolute Gasteiger partial charge is 0.228 e. The van der Waals surface area contributed by atoms with Gasteiger partial charge in [0.2, 0.25) is 5.91 Å². The normalized spacial score (nSPS) is 20.4. The molecular formula is C17H15N3O. The maximum Gasteiger partial charge on any atom is 0.228 e. The molecule has 4 nitrogen and oxygen atoms in total. The van der Waals surface area contributed by atoms with Crippen LogP contribution in [0.5, 0.6) is 0 Å². The lowest BCUT2D eigenvalue weighted by atomic mass is 10.1. The van der Waals surface area contributed by atoms with Crippen molar-refractivity contribution in [3.8, 4) is 0 Å². The Hall–Kier alpha value is -2.62. The van der Waals surface area contributed by atoms with Crippen molar-refractivity contribution in [1.29, 1.82) is 0 Å². The van der Waals surface area contributed by atoms with E-state index in [0.29, 0.717) is 5.92 Å². The van der Waals surface area contributed by atoms with Gasteiger partial charge in [-0.2, -0.15) is 5.10 Å². The van der Waals surface area contributed by atoms with Crippen molar-refractivity contribution >= 4 is 22.5 Å². The number of rotatable bonds is 3. The molecule has 2 N–H and O–H groups in total. The van der Waals surface area contributed by atoms with Crippen LogP contribution in [0.25, 0.3) is 10.9 Å². The highest BCUT2D eigenvalue weighted by Crippen LogP contribution is 2.47. The molecule has 21 heavy (non-hydrogen) atoms. The second-order valence-corrected chi connectivity index (χ2v) is 5.52. The zero-order valence-electron chi connectivity index (χ0n) is 11.4. The van der Waals surface area contributed by atoms with Crippen LogP contribution in [-0.2, 0) is 4.79 Å². The van der Waals surface area contributed by atoms with Crippen LogP contribution in [-0.4, -0.2) is 16.1 Å². The highest BCUT2D eigenvalue weighted by molar-refractivity contribution is 5.97. The van der Waals surface area contributed by atoms with Crippen molar-refractivity contribution in [1.82, 2.24) is 10.2 Å². The number of nitrogens with zero attached hydrogens (tertiary/aromatic N) is 1. The van der Waals surface area contributed by atoms with Crippen molar-refractivity contribution in [2.75, 3.05) is 5.32 Å². The number of hydrogen-bond donors (Lipinski definition) is 2. The van der Waals surface area contributed by atoms with Gasteiger partial charge >= 0.3 is 0 Å². The van der Waals surface area contributed by atoms with Crippen LogP contribution in [0.3, 0.4) is 0 Å². The van der Waals surface area contributed by atoms with E-state index in [1.54, 1.807) is 6.20 Å². The Morgan fingerprint density at radius 1 is 1.19 bits per heavy atom. The zero-order chi connectivity index (χ0) is 14.2. The average molecular weight is 277 g/mol. The van der Waals surface area contributed by atoms with Crippen LogP contribution >= 0.6 is 0 Å². The summed E-state index contributed by atoms with van der Waals surface area (Å²) in [6.45, 7) is 0. The van der Waals surface area contributed by atoms with Gasteiger partial charge in [-0.1, -0.05) is 30.3 Å². The standard InChI is InChI=1S/C17H15N3O/c21-17(15-9-14(15)11-4-2-1-3-5-11)19-13-7-6-12-10-18-20-16(12)8-13/h1-8,10,14-15H,9H2,(H,18,20)(H,19,21). The van der Waals surface area contributed by atoms with Crippen LogP contribution in [0.4, 0.5) is 5.69 Å². The number of nitrogens with one attached hydrogen (secondary N) is 2. The topological polar surface area (TPSA) is 57.8 Å². The lowest BCUT2D eigenvalue weighted by molar-refractivity contribution is -0.117.